The first-order chi connectivity index (χ1) is 12.2. The second-order valence-electron chi connectivity index (χ2n) is 6.48. The Morgan fingerprint density at radius 2 is 2.12 bits per heavy atom. The van der Waals surface area contributed by atoms with Gasteiger partial charge in [0.25, 0.3) is 0 Å². The number of nitrogens with one attached hydrogen (secondary N) is 3. The summed E-state index contributed by atoms with van der Waals surface area (Å²) in [5, 5.41) is 7.36. The number of fused-ring (bicyclic) bond motifs is 1. The second kappa shape index (κ2) is 8.25. The fourth-order valence-electron chi connectivity index (χ4n) is 3.35. The lowest BCUT2D eigenvalue weighted by Crippen LogP contribution is -2.46. The molecule has 6 heteroatoms. The molecule has 3 rings (SSSR count). The summed E-state index contributed by atoms with van der Waals surface area (Å²) in [6.07, 6.45) is 5.00. The number of hydrogen-bond donors (Lipinski definition) is 3. The van der Waals surface area contributed by atoms with Gasteiger partial charge in [0.1, 0.15) is 11.5 Å². The fourth-order valence-corrected chi connectivity index (χ4v) is 3.35. The number of rotatable bonds is 7. The van der Waals surface area contributed by atoms with E-state index in [0.29, 0.717) is 6.54 Å². The van der Waals surface area contributed by atoms with E-state index in [1.54, 1.807) is 14.2 Å². The number of aromatic nitrogens is 1. The predicted molar refractivity (Wildman–Crippen MR) is 98.4 cm³/mol. The largest absolute Gasteiger partial charge is 0.497 e. The molecule has 1 unspecified atom stereocenters. The fraction of sp³-hybridized carbons (Fsp3) is 0.526. The molecule has 1 aliphatic rings. The second-order valence-corrected chi connectivity index (χ2v) is 6.48. The maximum atomic E-state index is 12.1. The van der Waals surface area contributed by atoms with E-state index in [-0.39, 0.29) is 11.9 Å². The maximum absolute atomic E-state index is 12.1. The number of amides is 1. The van der Waals surface area contributed by atoms with Crippen molar-refractivity contribution in [2.75, 3.05) is 27.3 Å². The van der Waals surface area contributed by atoms with E-state index in [0.717, 1.165) is 60.3 Å². The molecule has 0 spiro atoms. The van der Waals surface area contributed by atoms with Crippen LogP contribution in [0.15, 0.2) is 18.2 Å². The quantitative estimate of drug-likeness (QED) is 0.674. The van der Waals surface area contributed by atoms with Crippen LogP contribution in [0.2, 0.25) is 0 Å². The lowest BCUT2D eigenvalue weighted by Gasteiger charge is -2.22. The molecule has 6 nitrogen and oxygen atoms in total. The van der Waals surface area contributed by atoms with E-state index in [1.165, 1.54) is 6.42 Å². The van der Waals surface area contributed by atoms with Gasteiger partial charge < -0.3 is 25.1 Å². The minimum Gasteiger partial charge on any atom is -0.497 e. The van der Waals surface area contributed by atoms with Crippen LogP contribution in [0.5, 0.6) is 11.5 Å². The highest BCUT2D eigenvalue weighted by Gasteiger charge is 2.19. The van der Waals surface area contributed by atoms with E-state index in [4.69, 9.17) is 9.47 Å². The summed E-state index contributed by atoms with van der Waals surface area (Å²) in [4.78, 5) is 15.5. The Morgan fingerprint density at radius 1 is 1.24 bits per heavy atom. The lowest BCUT2D eigenvalue weighted by molar-refractivity contribution is -0.123. The highest BCUT2D eigenvalue weighted by Crippen LogP contribution is 2.31. The Morgan fingerprint density at radius 3 is 2.84 bits per heavy atom. The van der Waals surface area contributed by atoms with E-state index >= 15 is 0 Å². The minimum absolute atomic E-state index is 0.0152. The van der Waals surface area contributed by atoms with Crippen LogP contribution in [0.25, 0.3) is 10.9 Å². The molecule has 136 valence electrons. The van der Waals surface area contributed by atoms with Crippen molar-refractivity contribution in [2.45, 2.75) is 38.1 Å². The first-order valence-electron chi connectivity index (χ1n) is 8.96. The number of ether oxygens (including phenoxy) is 2. The molecule has 2 aromatic rings. The van der Waals surface area contributed by atoms with Crippen molar-refractivity contribution in [3.8, 4) is 11.5 Å². The van der Waals surface area contributed by atoms with Crippen LogP contribution in [0.4, 0.5) is 0 Å². The van der Waals surface area contributed by atoms with Gasteiger partial charge in [0, 0.05) is 29.8 Å². The zero-order valence-corrected chi connectivity index (χ0v) is 15.0. The van der Waals surface area contributed by atoms with Crippen molar-refractivity contribution in [2.24, 2.45) is 0 Å². The van der Waals surface area contributed by atoms with Crippen molar-refractivity contribution in [3.05, 3.63) is 23.9 Å². The number of aromatic amines is 1. The number of H-pyrrole nitrogens is 1. The molecule has 0 aliphatic carbocycles. The molecule has 1 saturated heterocycles. The summed E-state index contributed by atoms with van der Waals surface area (Å²) in [6.45, 7) is 1.63. The maximum Gasteiger partial charge on any atom is 0.237 e. The van der Waals surface area contributed by atoms with Crippen molar-refractivity contribution >= 4 is 16.8 Å². The molecule has 0 bridgehead atoms. The van der Waals surface area contributed by atoms with Crippen LogP contribution >= 0.6 is 0 Å². The zero-order valence-electron chi connectivity index (χ0n) is 15.0. The molecule has 1 fully saturated rings. The first-order valence-corrected chi connectivity index (χ1v) is 8.96. The van der Waals surface area contributed by atoms with Crippen LogP contribution in [0, 0.1) is 0 Å². The molecule has 3 N–H and O–H groups in total. The molecule has 0 radical (unpaired) electrons. The number of benzene rings is 1. The van der Waals surface area contributed by atoms with Crippen LogP contribution in [-0.2, 0) is 11.2 Å². The molecule has 1 amide bonds. The monoisotopic (exact) mass is 345 g/mol. The van der Waals surface area contributed by atoms with Crippen LogP contribution in [0.1, 0.15) is 31.4 Å². The Bertz CT molecular complexity index is 720. The lowest BCUT2D eigenvalue weighted by atomic mass is 10.0. The highest BCUT2D eigenvalue weighted by molar-refractivity contribution is 5.88. The molecule has 1 atom stereocenters. The Hall–Kier alpha value is -2.21. The Kier molecular flexibility index (Phi) is 5.81. The van der Waals surface area contributed by atoms with Gasteiger partial charge >= 0.3 is 0 Å². The van der Waals surface area contributed by atoms with Crippen molar-refractivity contribution in [3.63, 3.8) is 0 Å². The summed E-state index contributed by atoms with van der Waals surface area (Å²) >= 11 is 0. The van der Waals surface area contributed by atoms with E-state index in [9.17, 15) is 4.79 Å². The molecule has 1 aromatic carbocycles. The predicted octanol–water partition coefficient (Wildman–Crippen LogP) is 2.38. The van der Waals surface area contributed by atoms with Gasteiger partial charge in [-0.15, -0.1) is 0 Å². The van der Waals surface area contributed by atoms with Crippen LogP contribution in [-0.4, -0.2) is 44.2 Å². The summed E-state index contributed by atoms with van der Waals surface area (Å²) in [5.74, 6) is 1.70. The minimum atomic E-state index is -0.0152. The summed E-state index contributed by atoms with van der Waals surface area (Å²) < 4.78 is 10.7. The van der Waals surface area contributed by atoms with Gasteiger partial charge in [-0.2, -0.15) is 0 Å². The smallest absolute Gasteiger partial charge is 0.237 e. The van der Waals surface area contributed by atoms with Crippen LogP contribution in [0.3, 0.4) is 0 Å². The van der Waals surface area contributed by atoms with Crippen molar-refractivity contribution in [1.82, 2.24) is 15.6 Å². The SMILES string of the molecule is COc1cc(OC)c2cc(CCCNC(=O)C3CCCCN3)[nH]c2c1. The van der Waals surface area contributed by atoms with Gasteiger partial charge in [-0.25, -0.2) is 0 Å². The molecule has 2 heterocycles. The average Bonchev–Trinajstić information content (AvgIpc) is 3.07. The molecule has 25 heavy (non-hydrogen) atoms. The first kappa shape index (κ1) is 17.6. The van der Waals surface area contributed by atoms with Gasteiger partial charge in [-0.05, 0) is 38.3 Å². The third kappa shape index (κ3) is 4.25. The average molecular weight is 345 g/mol. The van der Waals surface area contributed by atoms with Gasteiger partial charge in [-0.1, -0.05) is 6.42 Å². The summed E-state index contributed by atoms with van der Waals surface area (Å²) in [7, 11) is 3.31. The molecular weight excluding hydrogens is 318 g/mol. The number of aryl methyl sites for hydroxylation is 1. The zero-order chi connectivity index (χ0) is 17.6. The number of methoxy groups -OCH3 is 2. The molecular formula is C19H27N3O3. The molecule has 0 saturated carbocycles. The van der Waals surface area contributed by atoms with E-state index in [1.807, 2.05) is 12.1 Å². The molecule has 1 aromatic heterocycles. The highest BCUT2D eigenvalue weighted by atomic mass is 16.5. The number of carbonyl (C=O) groups is 1. The van der Waals surface area contributed by atoms with E-state index < -0.39 is 0 Å². The van der Waals surface area contributed by atoms with Gasteiger partial charge in [0.2, 0.25) is 5.91 Å². The summed E-state index contributed by atoms with van der Waals surface area (Å²) in [6, 6.07) is 5.95. The van der Waals surface area contributed by atoms with Crippen LogP contribution < -0.4 is 20.1 Å². The standard InChI is InChI=1S/C19H27N3O3/c1-24-14-11-17-15(18(12-14)25-2)10-13(22-17)6-5-9-21-19(23)16-7-3-4-8-20-16/h10-12,16,20,22H,3-9H2,1-2H3,(H,21,23). The number of piperidine rings is 1. The van der Waals surface area contributed by atoms with Gasteiger partial charge in [-0.3, -0.25) is 4.79 Å². The number of hydrogen-bond acceptors (Lipinski definition) is 4. The normalized spacial score (nSPS) is 17.4. The van der Waals surface area contributed by atoms with E-state index in [2.05, 4.69) is 21.7 Å². The third-order valence-electron chi connectivity index (χ3n) is 4.73. The Balaban J connectivity index is 1.53. The van der Waals surface area contributed by atoms with Gasteiger partial charge in [0.15, 0.2) is 0 Å². The Labute approximate surface area is 148 Å². The van der Waals surface area contributed by atoms with Crippen molar-refractivity contribution < 1.29 is 14.3 Å². The summed E-state index contributed by atoms with van der Waals surface area (Å²) in [5.41, 5.74) is 2.13. The third-order valence-corrected chi connectivity index (χ3v) is 4.73. The topological polar surface area (TPSA) is 75.4 Å². The van der Waals surface area contributed by atoms with Gasteiger partial charge in [0.05, 0.1) is 25.8 Å². The molecule has 1 aliphatic heterocycles. The van der Waals surface area contributed by atoms with Crippen molar-refractivity contribution in [1.29, 1.82) is 0 Å². The number of carbonyl (C=O) groups excluding carboxylic acids is 1.